The maximum absolute atomic E-state index is 13.2. The van der Waals surface area contributed by atoms with Crippen molar-refractivity contribution in [1.82, 2.24) is 4.72 Å². The normalized spacial score (nSPS) is 13.4. The summed E-state index contributed by atoms with van der Waals surface area (Å²) in [7, 11) is 0. The summed E-state index contributed by atoms with van der Waals surface area (Å²) in [5.74, 6) is 0.167. The van der Waals surface area contributed by atoms with Gasteiger partial charge in [-0.05, 0) is 56.5 Å². The molecule has 1 N–H and O–H groups in total. The van der Waals surface area contributed by atoms with Crippen LogP contribution in [0.3, 0.4) is 0 Å². The molecule has 7 heteroatoms. The summed E-state index contributed by atoms with van der Waals surface area (Å²) in [5.41, 5.74) is 0.602. The van der Waals surface area contributed by atoms with Crippen LogP contribution in [-0.4, -0.2) is 15.8 Å². The second kappa shape index (κ2) is 8.99. The molecular weight excluding hydrogens is 375 g/mol. The van der Waals surface area contributed by atoms with E-state index in [1.54, 1.807) is 6.07 Å². The van der Waals surface area contributed by atoms with E-state index in [4.69, 9.17) is 4.74 Å². The van der Waals surface area contributed by atoms with E-state index in [9.17, 15) is 17.7 Å². The van der Waals surface area contributed by atoms with Gasteiger partial charge in [-0.2, -0.15) is 13.2 Å². The van der Waals surface area contributed by atoms with Gasteiger partial charge in [-0.1, -0.05) is 30.3 Å². The zero-order valence-electron chi connectivity index (χ0n) is 15.6. The van der Waals surface area contributed by atoms with Gasteiger partial charge in [-0.25, -0.2) is 0 Å². The van der Waals surface area contributed by atoms with Crippen molar-refractivity contribution in [3.05, 3.63) is 65.2 Å². The molecule has 0 spiro atoms. The number of alkyl halides is 3. The Morgan fingerprint density at radius 2 is 1.67 bits per heavy atom. The standard InChI is InChI=1S/C20H24F3NO2S/c1-19(2,3)27(25)24-10-9-16-11-17(20(21,22)23)13-18(12-16)26-14-15-7-5-4-6-8-15/h4-8,11-13,24H,9-10,14H2,1-3H3. The van der Waals surface area contributed by atoms with Gasteiger partial charge in [0.05, 0.1) is 5.56 Å². The topological polar surface area (TPSA) is 44.3 Å². The van der Waals surface area contributed by atoms with Gasteiger partial charge in [0.25, 0.3) is 0 Å². The van der Waals surface area contributed by atoms with Crippen LogP contribution in [0, 0.1) is 0 Å². The van der Waals surface area contributed by atoms with Crippen LogP contribution in [0.15, 0.2) is 48.5 Å². The Hall–Kier alpha value is -1.70. The highest BCUT2D eigenvalue weighted by molar-refractivity contribution is 7.90. The van der Waals surface area contributed by atoms with Crippen molar-refractivity contribution in [2.24, 2.45) is 0 Å². The SMILES string of the molecule is CC(C)(C)[S+]([O-])NCCc1cc(OCc2ccccc2)cc(C(F)(F)F)c1. The lowest BCUT2D eigenvalue weighted by Crippen LogP contribution is -2.40. The molecule has 0 amide bonds. The second-order valence-corrected chi connectivity index (χ2v) is 9.21. The van der Waals surface area contributed by atoms with Crippen LogP contribution in [0.25, 0.3) is 0 Å². The lowest BCUT2D eigenvalue weighted by molar-refractivity contribution is -0.137. The number of hydrogen-bond donors (Lipinski definition) is 1. The first kappa shape index (κ1) is 21.6. The molecule has 1 atom stereocenters. The molecule has 0 bridgehead atoms. The summed E-state index contributed by atoms with van der Waals surface area (Å²) >= 11 is -1.27. The van der Waals surface area contributed by atoms with Gasteiger partial charge >= 0.3 is 6.18 Å². The molecule has 148 valence electrons. The monoisotopic (exact) mass is 399 g/mol. The molecule has 0 saturated carbocycles. The van der Waals surface area contributed by atoms with Crippen molar-refractivity contribution in [3.8, 4) is 5.75 Å². The van der Waals surface area contributed by atoms with E-state index in [-0.39, 0.29) is 12.4 Å². The Kier molecular flexibility index (Phi) is 7.19. The minimum atomic E-state index is -4.46. The van der Waals surface area contributed by atoms with Crippen LogP contribution in [0.1, 0.15) is 37.5 Å². The fourth-order valence-corrected chi connectivity index (χ4v) is 3.02. The number of ether oxygens (including phenoxy) is 1. The first-order valence-corrected chi connectivity index (χ1v) is 9.74. The van der Waals surface area contributed by atoms with Crippen LogP contribution < -0.4 is 9.46 Å². The molecule has 0 fully saturated rings. The van der Waals surface area contributed by atoms with Crippen LogP contribution in [-0.2, 0) is 30.6 Å². The van der Waals surface area contributed by atoms with E-state index < -0.39 is 27.8 Å². The van der Waals surface area contributed by atoms with Crippen LogP contribution in [0.5, 0.6) is 5.75 Å². The lowest BCUT2D eigenvalue weighted by atomic mass is 10.1. The Labute approximate surface area is 161 Å². The maximum Gasteiger partial charge on any atom is 0.416 e. The summed E-state index contributed by atoms with van der Waals surface area (Å²) in [6.45, 7) is 5.99. The second-order valence-electron chi connectivity index (χ2n) is 7.16. The summed E-state index contributed by atoms with van der Waals surface area (Å²) in [6.07, 6.45) is -4.14. The zero-order valence-corrected chi connectivity index (χ0v) is 16.4. The molecule has 0 saturated heterocycles. The van der Waals surface area contributed by atoms with Crippen molar-refractivity contribution < 1.29 is 22.5 Å². The molecule has 0 radical (unpaired) electrons. The Morgan fingerprint density at radius 1 is 1.00 bits per heavy atom. The Balaban J connectivity index is 2.09. The minimum Gasteiger partial charge on any atom is -0.598 e. The number of halogens is 3. The molecule has 0 heterocycles. The summed E-state index contributed by atoms with van der Waals surface area (Å²) < 4.78 is 59.6. The molecule has 2 aromatic carbocycles. The van der Waals surface area contributed by atoms with Crippen molar-refractivity contribution in [3.63, 3.8) is 0 Å². The fraction of sp³-hybridized carbons (Fsp3) is 0.400. The molecule has 0 aliphatic carbocycles. The molecule has 27 heavy (non-hydrogen) atoms. The van der Waals surface area contributed by atoms with Crippen LogP contribution >= 0.6 is 0 Å². The van der Waals surface area contributed by atoms with E-state index in [2.05, 4.69) is 4.72 Å². The lowest BCUT2D eigenvalue weighted by Gasteiger charge is -2.23. The molecule has 0 aromatic heterocycles. The van der Waals surface area contributed by atoms with Crippen molar-refractivity contribution in [1.29, 1.82) is 0 Å². The largest absolute Gasteiger partial charge is 0.598 e. The van der Waals surface area contributed by atoms with Crippen molar-refractivity contribution in [2.45, 2.75) is 44.7 Å². The predicted octanol–water partition coefficient (Wildman–Crippen LogP) is 4.88. The molecular formula is C20H24F3NO2S. The molecule has 0 aliphatic heterocycles. The van der Waals surface area contributed by atoms with E-state index in [1.807, 2.05) is 51.1 Å². The number of nitrogens with one attached hydrogen (secondary N) is 1. The highest BCUT2D eigenvalue weighted by Crippen LogP contribution is 2.33. The van der Waals surface area contributed by atoms with Gasteiger partial charge in [0.2, 0.25) is 0 Å². The third-order valence-electron chi connectivity index (χ3n) is 3.74. The smallest absolute Gasteiger partial charge is 0.416 e. The van der Waals surface area contributed by atoms with Gasteiger partial charge < -0.3 is 9.29 Å². The van der Waals surface area contributed by atoms with E-state index in [1.165, 1.54) is 0 Å². The van der Waals surface area contributed by atoms with Crippen LogP contribution in [0.2, 0.25) is 0 Å². The summed E-state index contributed by atoms with van der Waals surface area (Å²) in [4.78, 5) is 0. The third kappa shape index (κ3) is 7.08. The van der Waals surface area contributed by atoms with E-state index in [0.29, 0.717) is 18.5 Å². The zero-order chi connectivity index (χ0) is 20.1. The van der Waals surface area contributed by atoms with Gasteiger partial charge in [0.15, 0.2) is 0 Å². The van der Waals surface area contributed by atoms with Gasteiger partial charge in [-0.3, -0.25) is 0 Å². The number of benzene rings is 2. The summed E-state index contributed by atoms with van der Waals surface area (Å²) in [6, 6.07) is 13.0. The first-order valence-electron chi connectivity index (χ1n) is 8.59. The molecule has 2 rings (SSSR count). The maximum atomic E-state index is 13.2. The van der Waals surface area contributed by atoms with Crippen molar-refractivity contribution >= 4 is 11.4 Å². The van der Waals surface area contributed by atoms with Crippen molar-refractivity contribution in [2.75, 3.05) is 6.54 Å². The molecule has 3 nitrogen and oxygen atoms in total. The summed E-state index contributed by atoms with van der Waals surface area (Å²) in [5, 5.41) is 0. The van der Waals surface area contributed by atoms with Gasteiger partial charge in [-0.15, -0.1) is 4.72 Å². The molecule has 0 aliphatic rings. The van der Waals surface area contributed by atoms with Gasteiger partial charge in [0.1, 0.15) is 17.1 Å². The average Bonchev–Trinajstić information content (AvgIpc) is 2.59. The van der Waals surface area contributed by atoms with E-state index in [0.717, 1.165) is 17.7 Å². The Bertz CT molecular complexity index is 730. The number of rotatable bonds is 7. The third-order valence-corrected chi connectivity index (χ3v) is 5.32. The molecule has 1 unspecified atom stereocenters. The van der Waals surface area contributed by atoms with Crippen LogP contribution in [0.4, 0.5) is 13.2 Å². The Morgan fingerprint density at radius 3 is 2.26 bits per heavy atom. The fourth-order valence-electron chi connectivity index (χ4n) is 2.30. The highest BCUT2D eigenvalue weighted by atomic mass is 32.2. The number of hydrogen-bond acceptors (Lipinski definition) is 3. The van der Waals surface area contributed by atoms with E-state index >= 15 is 0 Å². The average molecular weight is 399 g/mol. The molecule has 2 aromatic rings. The quantitative estimate of drug-likeness (QED) is 0.675. The minimum absolute atomic E-state index is 0.167. The predicted molar refractivity (Wildman–Crippen MR) is 102 cm³/mol. The first-order chi connectivity index (χ1) is 12.6. The highest BCUT2D eigenvalue weighted by Gasteiger charge is 2.31. The van der Waals surface area contributed by atoms with Gasteiger partial charge in [0, 0.05) is 17.9 Å².